The normalized spacial score (nSPS) is 21.6. The maximum Gasteiger partial charge on any atom is 0.228 e. The van der Waals surface area contributed by atoms with E-state index in [1.807, 2.05) is 31.2 Å². The van der Waals surface area contributed by atoms with Gasteiger partial charge in [-0.3, -0.25) is 4.79 Å². The van der Waals surface area contributed by atoms with Crippen LogP contribution in [0.3, 0.4) is 0 Å². The monoisotopic (exact) mass is 359 g/mol. The largest absolute Gasteiger partial charge is 0.326 e. The molecule has 2 heterocycles. The minimum absolute atomic E-state index is 0.188. The van der Waals surface area contributed by atoms with Crippen LogP contribution in [0.4, 0.5) is 5.69 Å². The van der Waals surface area contributed by atoms with Crippen molar-refractivity contribution in [2.75, 3.05) is 18.4 Å². The quantitative estimate of drug-likeness (QED) is 0.868. The van der Waals surface area contributed by atoms with Crippen LogP contribution in [-0.4, -0.2) is 24.0 Å². The number of aryl methyl sites for hydroxylation is 1. The third kappa shape index (κ3) is 3.36. The van der Waals surface area contributed by atoms with E-state index in [4.69, 9.17) is 0 Å². The van der Waals surface area contributed by atoms with Crippen molar-refractivity contribution in [3.63, 3.8) is 0 Å². The van der Waals surface area contributed by atoms with E-state index in [0.29, 0.717) is 0 Å². The average Bonchev–Trinajstić information content (AvgIpc) is 3.12. The molecule has 126 valence electrons. The van der Waals surface area contributed by atoms with Crippen molar-refractivity contribution in [2.24, 2.45) is 11.3 Å². The number of carbonyl (C=O) groups excluding carboxylic acids is 1. The van der Waals surface area contributed by atoms with Crippen molar-refractivity contribution >= 4 is 34.7 Å². The Hall–Kier alpha value is -1.37. The highest BCUT2D eigenvalue weighted by atomic mass is 32.2. The summed E-state index contributed by atoms with van der Waals surface area (Å²) >= 11 is 3.32. The number of rotatable bonds is 4. The van der Waals surface area contributed by atoms with Crippen LogP contribution in [0.2, 0.25) is 0 Å². The van der Waals surface area contributed by atoms with Gasteiger partial charge in [0.2, 0.25) is 5.91 Å². The predicted molar refractivity (Wildman–Crippen MR) is 98.7 cm³/mol. The van der Waals surface area contributed by atoms with Gasteiger partial charge in [0, 0.05) is 27.6 Å². The average molecular weight is 360 g/mol. The highest BCUT2D eigenvalue weighted by Gasteiger charge is 2.57. The first kappa shape index (κ1) is 16.1. The maximum atomic E-state index is 12.5. The molecule has 1 saturated carbocycles. The molecule has 1 aliphatic carbocycles. The molecule has 2 fully saturated rings. The number of hydrogen-bond acceptors (Lipinski definition) is 5. The molecule has 1 unspecified atom stereocenters. The van der Waals surface area contributed by atoms with Crippen LogP contribution in [0.15, 0.2) is 38.9 Å². The maximum absolute atomic E-state index is 12.5. The standard InChI is InChI=1S/C18H21N3OS2/c1-12-11-23-17(20-12)24-14-4-2-13(3-5-14)21-16(22)15-10-18(15)6-8-19-9-7-18/h2-5,11,15,19H,6-10H2,1H3,(H,21,22). The van der Waals surface area contributed by atoms with Gasteiger partial charge in [-0.15, -0.1) is 11.3 Å². The molecule has 0 radical (unpaired) electrons. The van der Waals surface area contributed by atoms with E-state index in [2.05, 4.69) is 21.0 Å². The number of hydrogen-bond donors (Lipinski definition) is 2. The molecule has 1 saturated heterocycles. The van der Waals surface area contributed by atoms with Gasteiger partial charge in [-0.1, -0.05) is 11.8 Å². The van der Waals surface area contributed by atoms with E-state index in [0.717, 1.165) is 53.0 Å². The fourth-order valence-corrected chi connectivity index (χ4v) is 5.32. The topological polar surface area (TPSA) is 54.0 Å². The van der Waals surface area contributed by atoms with Crippen LogP contribution in [0.25, 0.3) is 0 Å². The van der Waals surface area contributed by atoms with Crippen LogP contribution < -0.4 is 10.6 Å². The highest BCUT2D eigenvalue weighted by Crippen LogP contribution is 2.58. The lowest BCUT2D eigenvalue weighted by molar-refractivity contribution is -0.118. The van der Waals surface area contributed by atoms with Gasteiger partial charge in [0.05, 0.1) is 0 Å². The van der Waals surface area contributed by atoms with Crippen molar-refractivity contribution < 1.29 is 4.79 Å². The summed E-state index contributed by atoms with van der Waals surface area (Å²) < 4.78 is 1.05. The lowest BCUT2D eigenvalue weighted by atomic mass is 9.92. The molecule has 4 nitrogen and oxygen atoms in total. The van der Waals surface area contributed by atoms with E-state index in [-0.39, 0.29) is 17.2 Å². The van der Waals surface area contributed by atoms with Crippen molar-refractivity contribution in [3.8, 4) is 0 Å². The Kier molecular flexibility index (Phi) is 4.37. The predicted octanol–water partition coefficient (Wildman–Crippen LogP) is 3.93. The van der Waals surface area contributed by atoms with Gasteiger partial charge in [0.15, 0.2) is 4.34 Å². The fraction of sp³-hybridized carbons (Fsp3) is 0.444. The number of amides is 1. The molecular weight excluding hydrogens is 338 g/mol. The van der Waals surface area contributed by atoms with Gasteiger partial charge >= 0.3 is 0 Å². The zero-order valence-corrected chi connectivity index (χ0v) is 15.3. The van der Waals surface area contributed by atoms with E-state index in [1.165, 1.54) is 0 Å². The molecule has 1 aromatic heterocycles. The van der Waals surface area contributed by atoms with Crippen LogP contribution in [-0.2, 0) is 4.79 Å². The van der Waals surface area contributed by atoms with Gasteiger partial charge in [0.1, 0.15) is 0 Å². The number of benzene rings is 1. The molecule has 24 heavy (non-hydrogen) atoms. The Morgan fingerprint density at radius 2 is 2.08 bits per heavy atom. The first-order valence-electron chi connectivity index (χ1n) is 8.36. The summed E-state index contributed by atoms with van der Waals surface area (Å²) in [6.07, 6.45) is 3.32. The zero-order valence-electron chi connectivity index (χ0n) is 13.7. The summed E-state index contributed by atoms with van der Waals surface area (Å²) in [5.74, 6) is 0.389. The van der Waals surface area contributed by atoms with Gasteiger partial charge in [-0.05, 0) is 69.0 Å². The van der Waals surface area contributed by atoms with Crippen molar-refractivity contribution in [3.05, 3.63) is 35.3 Å². The molecule has 4 rings (SSSR count). The number of nitrogens with zero attached hydrogens (tertiary/aromatic N) is 1. The molecule has 1 aliphatic heterocycles. The first-order valence-corrected chi connectivity index (χ1v) is 10.1. The summed E-state index contributed by atoms with van der Waals surface area (Å²) in [6, 6.07) is 8.06. The lowest BCUT2D eigenvalue weighted by Gasteiger charge is -2.23. The zero-order chi connectivity index (χ0) is 16.6. The summed E-state index contributed by atoms with van der Waals surface area (Å²) in [7, 11) is 0. The van der Waals surface area contributed by atoms with E-state index >= 15 is 0 Å². The molecule has 2 aliphatic rings. The number of piperidine rings is 1. The summed E-state index contributed by atoms with van der Waals surface area (Å²) in [6.45, 7) is 4.10. The van der Waals surface area contributed by atoms with Crippen molar-refractivity contribution in [1.82, 2.24) is 10.3 Å². The van der Waals surface area contributed by atoms with Gasteiger partial charge in [0.25, 0.3) is 0 Å². The van der Waals surface area contributed by atoms with E-state index in [9.17, 15) is 4.79 Å². The summed E-state index contributed by atoms with van der Waals surface area (Å²) in [5.41, 5.74) is 2.23. The van der Waals surface area contributed by atoms with Gasteiger partial charge < -0.3 is 10.6 Å². The molecular formula is C18H21N3OS2. The molecule has 1 spiro atoms. The Bertz CT molecular complexity index is 735. The number of anilines is 1. The van der Waals surface area contributed by atoms with Crippen molar-refractivity contribution in [1.29, 1.82) is 0 Å². The smallest absolute Gasteiger partial charge is 0.228 e. The summed E-state index contributed by atoms with van der Waals surface area (Å²) in [5, 5.41) is 8.53. The van der Waals surface area contributed by atoms with E-state index < -0.39 is 0 Å². The molecule has 2 aromatic rings. The number of aromatic nitrogens is 1. The van der Waals surface area contributed by atoms with Gasteiger partial charge in [-0.2, -0.15) is 0 Å². The third-order valence-corrected chi connectivity index (χ3v) is 7.09. The second-order valence-corrected chi connectivity index (χ2v) is 8.92. The summed E-state index contributed by atoms with van der Waals surface area (Å²) in [4.78, 5) is 18.1. The number of carbonyl (C=O) groups is 1. The Morgan fingerprint density at radius 3 is 2.75 bits per heavy atom. The molecule has 2 N–H and O–H groups in total. The fourth-order valence-electron chi connectivity index (χ4n) is 3.51. The Labute approximate surface area is 150 Å². The van der Waals surface area contributed by atoms with E-state index in [1.54, 1.807) is 23.1 Å². The Balaban J connectivity index is 1.34. The molecule has 1 amide bonds. The van der Waals surface area contributed by atoms with Crippen LogP contribution in [0.1, 0.15) is 25.0 Å². The SMILES string of the molecule is Cc1csc(Sc2ccc(NC(=O)C3CC34CCNCC4)cc2)n1. The molecule has 1 atom stereocenters. The molecule has 6 heteroatoms. The minimum Gasteiger partial charge on any atom is -0.326 e. The number of nitrogens with one attached hydrogen (secondary N) is 2. The third-order valence-electron chi connectivity index (χ3n) is 5.03. The molecule has 1 aromatic carbocycles. The second-order valence-electron chi connectivity index (χ2n) is 6.74. The second kappa shape index (κ2) is 6.50. The first-order chi connectivity index (χ1) is 11.6. The van der Waals surface area contributed by atoms with Crippen molar-refractivity contribution in [2.45, 2.75) is 35.4 Å². The van der Waals surface area contributed by atoms with Crippen LogP contribution in [0, 0.1) is 18.3 Å². The molecule has 0 bridgehead atoms. The van der Waals surface area contributed by atoms with Crippen LogP contribution in [0.5, 0.6) is 0 Å². The Morgan fingerprint density at radius 1 is 1.33 bits per heavy atom. The number of thiazole rings is 1. The van der Waals surface area contributed by atoms with Gasteiger partial charge in [-0.25, -0.2) is 4.98 Å². The highest BCUT2D eigenvalue weighted by molar-refractivity contribution is 8.01. The van der Waals surface area contributed by atoms with Crippen LogP contribution >= 0.6 is 23.1 Å². The lowest BCUT2D eigenvalue weighted by Crippen LogP contribution is -2.31. The minimum atomic E-state index is 0.188.